The molecule has 2 heterocycles. The highest BCUT2D eigenvalue weighted by atomic mass is 35.5. The predicted molar refractivity (Wildman–Crippen MR) is 71.7 cm³/mol. The zero-order valence-electron chi connectivity index (χ0n) is 10.4. The largest absolute Gasteiger partial charge is 0.376 e. The molecule has 1 aromatic rings. The lowest BCUT2D eigenvalue weighted by Gasteiger charge is -2.27. The highest BCUT2D eigenvalue weighted by Crippen LogP contribution is 2.32. The summed E-state index contributed by atoms with van der Waals surface area (Å²) in [6.45, 7) is 1.17. The minimum absolute atomic E-state index is 0.0205. The zero-order valence-corrected chi connectivity index (χ0v) is 11.2. The molecule has 1 atom stereocenters. The topological polar surface area (TPSA) is 46.6 Å². The molecule has 0 bridgehead atoms. The van der Waals surface area contributed by atoms with Crippen molar-refractivity contribution in [3.63, 3.8) is 0 Å². The average molecular weight is 280 g/mol. The van der Waals surface area contributed by atoms with Crippen molar-refractivity contribution in [2.45, 2.75) is 25.4 Å². The van der Waals surface area contributed by atoms with E-state index in [1.165, 1.54) is 4.90 Å². The number of amides is 1. The Bertz CT molecular complexity index is 537. The van der Waals surface area contributed by atoms with E-state index in [0.717, 1.165) is 25.9 Å². The Kier molecular flexibility index (Phi) is 3.29. The fourth-order valence-electron chi connectivity index (χ4n) is 2.61. The van der Waals surface area contributed by atoms with E-state index >= 15 is 0 Å². The number of ether oxygens (including phenoxy) is 1. The van der Waals surface area contributed by atoms with Crippen LogP contribution in [-0.2, 0) is 9.53 Å². The Balaban J connectivity index is 1.86. The summed E-state index contributed by atoms with van der Waals surface area (Å²) in [4.78, 5) is 25.5. The number of halogens is 1. The molecule has 100 valence electrons. The molecule has 3 rings (SSSR count). The van der Waals surface area contributed by atoms with Crippen molar-refractivity contribution < 1.29 is 14.3 Å². The maximum absolute atomic E-state index is 12.0. The van der Waals surface area contributed by atoms with Crippen LogP contribution in [0.1, 0.15) is 29.6 Å². The van der Waals surface area contributed by atoms with E-state index in [2.05, 4.69) is 0 Å². The fourth-order valence-corrected chi connectivity index (χ4v) is 2.78. The first-order valence-electron chi connectivity index (χ1n) is 6.44. The van der Waals surface area contributed by atoms with Gasteiger partial charge in [-0.25, -0.2) is 0 Å². The number of ketones is 1. The lowest BCUT2D eigenvalue weighted by Crippen LogP contribution is -2.39. The molecular formula is C14H14ClNO3. The first kappa shape index (κ1) is 12.6. The van der Waals surface area contributed by atoms with Crippen molar-refractivity contribution in [1.29, 1.82) is 0 Å². The van der Waals surface area contributed by atoms with E-state index in [1.54, 1.807) is 18.2 Å². The third-order valence-electron chi connectivity index (χ3n) is 3.59. The van der Waals surface area contributed by atoms with E-state index in [4.69, 9.17) is 16.3 Å². The minimum atomic E-state index is -0.480. The molecule has 2 aliphatic rings. The van der Waals surface area contributed by atoms with Gasteiger partial charge in [0.1, 0.15) is 0 Å². The summed E-state index contributed by atoms with van der Waals surface area (Å²) in [7, 11) is 0. The third-order valence-corrected chi connectivity index (χ3v) is 3.83. The Morgan fingerprint density at radius 3 is 2.89 bits per heavy atom. The van der Waals surface area contributed by atoms with Crippen LogP contribution < -0.4 is 4.90 Å². The second-order valence-corrected chi connectivity index (χ2v) is 5.33. The summed E-state index contributed by atoms with van der Waals surface area (Å²) in [5, 5.41) is 0.468. The van der Waals surface area contributed by atoms with Crippen LogP contribution in [-0.4, -0.2) is 30.9 Å². The molecule has 2 aliphatic heterocycles. The highest BCUT2D eigenvalue weighted by molar-refractivity contribution is 6.52. The molecule has 4 nitrogen and oxygen atoms in total. The molecule has 1 aromatic carbocycles. The Labute approximate surface area is 116 Å². The number of fused-ring (bicyclic) bond motifs is 1. The van der Waals surface area contributed by atoms with Gasteiger partial charge in [-0.3, -0.25) is 9.59 Å². The second kappa shape index (κ2) is 4.94. The smallest absolute Gasteiger partial charge is 0.299 e. The number of hydrogen-bond donors (Lipinski definition) is 0. The number of carbonyl (C=O) groups excluding carboxylic acids is 2. The van der Waals surface area contributed by atoms with Gasteiger partial charge in [-0.1, -0.05) is 11.6 Å². The van der Waals surface area contributed by atoms with Gasteiger partial charge in [0.05, 0.1) is 23.9 Å². The molecule has 5 heteroatoms. The Morgan fingerprint density at radius 1 is 1.32 bits per heavy atom. The Morgan fingerprint density at radius 2 is 2.16 bits per heavy atom. The van der Waals surface area contributed by atoms with Crippen LogP contribution in [0.2, 0.25) is 5.02 Å². The van der Waals surface area contributed by atoms with E-state index in [-0.39, 0.29) is 6.10 Å². The van der Waals surface area contributed by atoms with Gasteiger partial charge in [-0.15, -0.1) is 0 Å². The molecular weight excluding hydrogens is 266 g/mol. The molecule has 0 saturated carbocycles. The number of hydrogen-bond acceptors (Lipinski definition) is 3. The molecule has 1 amide bonds. The van der Waals surface area contributed by atoms with Crippen molar-refractivity contribution in [2.75, 3.05) is 18.1 Å². The molecule has 0 radical (unpaired) electrons. The second-order valence-electron chi connectivity index (χ2n) is 4.89. The molecule has 0 N–H and O–H groups in total. The van der Waals surface area contributed by atoms with E-state index in [1.807, 2.05) is 0 Å². The number of Topliss-reactive ketones (excluding diaryl/α,β-unsaturated/α-hetero) is 1. The van der Waals surface area contributed by atoms with E-state index < -0.39 is 11.7 Å². The molecule has 0 spiro atoms. The SMILES string of the molecule is O=C1C(=O)N(CC2CCCCO2)c2ccc(Cl)cc21. The van der Waals surface area contributed by atoms with E-state index in [9.17, 15) is 9.59 Å². The number of rotatable bonds is 2. The van der Waals surface area contributed by atoms with Gasteiger partial charge in [0, 0.05) is 11.6 Å². The van der Waals surface area contributed by atoms with Crippen LogP contribution >= 0.6 is 11.6 Å². The van der Waals surface area contributed by atoms with Crippen molar-refractivity contribution in [3.05, 3.63) is 28.8 Å². The fraction of sp³-hybridized carbons (Fsp3) is 0.429. The van der Waals surface area contributed by atoms with Crippen molar-refractivity contribution >= 4 is 29.0 Å². The van der Waals surface area contributed by atoms with Gasteiger partial charge < -0.3 is 9.64 Å². The summed E-state index contributed by atoms with van der Waals surface area (Å²) in [6, 6.07) is 4.98. The van der Waals surface area contributed by atoms with Gasteiger partial charge in [-0.05, 0) is 37.5 Å². The van der Waals surface area contributed by atoms with Crippen molar-refractivity contribution in [2.24, 2.45) is 0 Å². The summed E-state index contributed by atoms with van der Waals surface area (Å²) in [5.74, 6) is -0.959. The first-order valence-corrected chi connectivity index (χ1v) is 6.82. The minimum Gasteiger partial charge on any atom is -0.376 e. The maximum atomic E-state index is 12.0. The normalized spacial score (nSPS) is 22.8. The molecule has 19 heavy (non-hydrogen) atoms. The van der Waals surface area contributed by atoms with Crippen LogP contribution in [0.25, 0.3) is 0 Å². The van der Waals surface area contributed by atoms with Crippen molar-refractivity contribution in [1.82, 2.24) is 0 Å². The molecule has 1 unspecified atom stereocenters. The zero-order chi connectivity index (χ0) is 13.4. The van der Waals surface area contributed by atoms with Gasteiger partial charge in [0.15, 0.2) is 0 Å². The highest BCUT2D eigenvalue weighted by Gasteiger charge is 2.37. The molecule has 0 aromatic heterocycles. The molecule has 0 aliphatic carbocycles. The first-order chi connectivity index (χ1) is 9.16. The molecule has 1 fully saturated rings. The lowest BCUT2D eigenvalue weighted by molar-refractivity contribution is -0.114. The number of benzene rings is 1. The van der Waals surface area contributed by atoms with Crippen LogP contribution in [0, 0.1) is 0 Å². The van der Waals surface area contributed by atoms with Gasteiger partial charge in [0.25, 0.3) is 11.7 Å². The monoisotopic (exact) mass is 279 g/mol. The maximum Gasteiger partial charge on any atom is 0.299 e. The lowest BCUT2D eigenvalue weighted by atomic mass is 10.1. The standard InChI is InChI=1S/C14H14ClNO3/c15-9-4-5-12-11(7-9)13(17)14(18)16(12)8-10-3-1-2-6-19-10/h4-5,7,10H,1-3,6,8H2. The third kappa shape index (κ3) is 2.26. The quantitative estimate of drug-likeness (QED) is 0.781. The summed E-state index contributed by atoms with van der Waals surface area (Å²) < 4.78 is 5.63. The van der Waals surface area contributed by atoms with Gasteiger partial charge in [-0.2, -0.15) is 0 Å². The molecule has 1 saturated heterocycles. The van der Waals surface area contributed by atoms with Crippen LogP contribution in [0.5, 0.6) is 0 Å². The average Bonchev–Trinajstić information content (AvgIpc) is 2.65. The number of nitrogens with zero attached hydrogens (tertiary/aromatic N) is 1. The Hall–Kier alpha value is -1.39. The predicted octanol–water partition coefficient (Wildman–Crippen LogP) is 2.44. The number of carbonyl (C=O) groups is 2. The van der Waals surface area contributed by atoms with Crippen molar-refractivity contribution in [3.8, 4) is 0 Å². The van der Waals surface area contributed by atoms with Gasteiger partial charge in [0.2, 0.25) is 0 Å². The van der Waals surface area contributed by atoms with Gasteiger partial charge >= 0.3 is 0 Å². The van der Waals surface area contributed by atoms with E-state index in [0.29, 0.717) is 22.8 Å². The van der Waals surface area contributed by atoms with Crippen LogP contribution in [0.15, 0.2) is 18.2 Å². The van der Waals surface area contributed by atoms with Crippen LogP contribution in [0.4, 0.5) is 5.69 Å². The number of anilines is 1. The summed E-state index contributed by atoms with van der Waals surface area (Å²) in [5.41, 5.74) is 1.04. The van der Waals surface area contributed by atoms with Crippen LogP contribution in [0.3, 0.4) is 0 Å². The summed E-state index contributed by atoms with van der Waals surface area (Å²) in [6.07, 6.45) is 3.12. The summed E-state index contributed by atoms with van der Waals surface area (Å²) >= 11 is 5.87.